The number of hydrogen-bond acceptors (Lipinski definition) is 2. The molecule has 3 rings (SSSR count). The summed E-state index contributed by atoms with van der Waals surface area (Å²) in [4.78, 5) is 11.0. The molecule has 1 heterocycles. The Hall–Kier alpha value is -2.75. The number of carboxylic acids is 1. The highest BCUT2D eigenvalue weighted by molar-refractivity contribution is 5.88. The fourth-order valence-corrected chi connectivity index (χ4v) is 2.71. The lowest BCUT2D eigenvalue weighted by Gasteiger charge is -2.12. The van der Waals surface area contributed by atoms with E-state index >= 15 is 0 Å². The molecule has 0 spiro atoms. The van der Waals surface area contributed by atoms with Crippen LogP contribution in [0.15, 0.2) is 54.6 Å². The molecule has 118 valence electrons. The number of hydrogen-bond donors (Lipinski definition) is 1. The van der Waals surface area contributed by atoms with Gasteiger partial charge in [0.2, 0.25) is 0 Å². The van der Waals surface area contributed by atoms with E-state index in [1.165, 1.54) is 12.5 Å². The number of aryl methyl sites for hydroxylation is 1. The Morgan fingerprint density at radius 3 is 2.61 bits per heavy atom. The molecule has 1 unspecified atom stereocenters. The van der Waals surface area contributed by atoms with E-state index in [0.717, 1.165) is 23.1 Å². The quantitative estimate of drug-likeness (QED) is 0.779. The van der Waals surface area contributed by atoms with E-state index in [1.807, 2.05) is 49.4 Å². The third kappa shape index (κ3) is 3.06. The molecule has 0 amide bonds. The van der Waals surface area contributed by atoms with Crippen molar-refractivity contribution in [3.8, 4) is 5.75 Å². The van der Waals surface area contributed by atoms with Gasteiger partial charge in [-0.3, -0.25) is 0 Å². The predicted molar refractivity (Wildman–Crippen MR) is 89.9 cm³/mol. The van der Waals surface area contributed by atoms with Gasteiger partial charge in [0.25, 0.3) is 0 Å². The third-order valence-corrected chi connectivity index (χ3v) is 3.95. The highest BCUT2D eigenvalue weighted by atomic mass is 16.5. The highest BCUT2D eigenvalue weighted by Gasteiger charge is 2.16. The van der Waals surface area contributed by atoms with Gasteiger partial charge in [-0.05, 0) is 37.6 Å². The Morgan fingerprint density at radius 1 is 1.17 bits per heavy atom. The van der Waals surface area contributed by atoms with Crippen molar-refractivity contribution in [3.63, 3.8) is 0 Å². The maximum absolute atomic E-state index is 11.0. The van der Waals surface area contributed by atoms with Gasteiger partial charge in [-0.15, -0.1) is 0 Å². The van der Waals surface area contributed by atoms with Crippen molar-refractivity contribution in [2.24, 2.45) is 0 Å². The normalized spacial score (nSPS) is 12.3. The van der Waals surface area contributed by atoms with Crippen LogP contribution in [-0.2, 0) is 11.3 Å². The molecule has 1 aromatic heterocycles. The summed E-state index contributed by atoms with van der Waals surface area (Å²) in [6, 6.07) is 18.0. The fourth-order valence-electron chi connectivity index (χ4n) is 2.71. The van der Waals surface area contributed by atoms with E-state index in [1.54, 1.807) is 0 Å². The number of aromatic nitrogens is 1. The van der Waals surface area contributed by atoms with Crippen LogP contribution in [0.2, 0.25) is 0 Å². The van der Waals surface area contributed by atoms with Crippen LogP contribution in [0.3, 0.4) is 0 Å². The summed E-state index contributed by atoms with van der Waals surface area (Å²) in [5.41, 5.74) is 3.38. The molecule has 1 atom stereocenters. The average Bonchev–Trinajstić information content (AvgIpc) is 2.85. The van der Waals surface area contributed by atoms with E-state index in [4.69, 9.17) is 9.84 Å². The summed E-state index contributed by atoms with van der Waals surface area (Å²) in [7, 11) is 0. The van der Waals surface area contributed by atoms with Crippen LogP contribution < -0.4 is 4.74 Å². The molecule has 0 fully saturated rings. The monoisotopic (exact) mass is 309 g/mol. The molecule has 2 aromatic carbocycles. The molecule has 0 aliphatic heterocycles. The Kier molecular flexibility index (Phi) is 4.06. The van der Waals surface area contributed by atoms with Gasteiger partial charge in [-0.2, -0.15) is 0 Å². The fraction of sp³-hybridized carbons (Fsp3) is 0.211. The van der Waals surface area contributed by atoms with Crippen LogP contribution in [-0.4, -0.2) is 21.7 Å². The second-order valence-electron chi connectivity index (χ2n) is 5.64. The number of benzene rings is 2. The molecule has 0 saturated heterocycles. The second kappa shape index (κ2) is 6.16. The van der Waals surface area contributed by atoms with Gasteiger partial charge in [-0.1, -0.05) is 36.4 Å². The molecule has 0 aliphatic carbocycles. The summed E-state index contributed by atoms with van der Waals surface area (Å²) in [6.07, 6.45) is -0.877. The number of rotatable bonds is 5. The van der Waals surface area contributed by atoms with Crippen molar-refractivity contribution in [1.29, 1.82) is 0 Å². The molecular weight excluding hydrogens is 290 g/mol. The molecular formula is C19H19NO3. The zero-order chi connectivity index (χ0) is 16.4. The summed E-state index contributed by atoms with van der Waals surface area (Å²) in [5, 5.41) is 9.98. The summed E-state index contributed by atoms with van der Waals surface area (Å²) >= 11 is 0. The SMILES string of the molecule is Cc1cc2c(OC(C)C(=O)O)cccc2n1Cc1ccccc1. The maximum atomic E-state index is 11.0. The van der Waals surface area contributed by atoms with E-state index in [9.17, 15) is 4.79 Å². The van der Waals surface area contributed by atoms with Crippen molar-refractivity contribution in [1.82, 2.24) is 4.57 Å². The molecule has 4 heteroatoms. The molecule has 0 bridgehead atoms. The zero-order valence-electron chi connectivity index (χ0n) is 13.2. The first-order valence-electron chi connectivity index (χ1n) is 7.58. The molecule has 0 radical (unpaired) electrons. The second-order valence-corrected chi connectivity index (χ2v) is 5.64. The first-order valence-corrected chi connectivity index (χ1v) is 7.58. The Balaban J connectivity index is 2.01. The van der Waals surface area contributed by atoms with Gasteiger partial charge in [0.1, 0.15) is 5.75 Å². The lowest BCUT2D eigenvalue weighted by Crippen LogP contribution is -2.22. The number of carboxylic acid groups (broad SMARTS) is 1. The minimum atomic E-state index is -0.970. The van der Waals surface area contributed by atoms with Crippen LogP contribution >= 0.6 is 0 Å². The average molecular weight is 309 g/mol. The number of aliphatic carboxylic acids is 1. The molecule has 4 nitrogen and oxygen atoms in total. The lowest BCUT2D eigenvalue weighted by molar-refractivity contribution is -0.144. The van der Waals surface area contributed by atoms with Crippen molar-refractivity contribution < 1.29 is 14.6 Å². The van der Waals surface area contributed by atoms with Crippen LogP contribution in [0.25, 0.3) is 10.9 Å². The van der Waals surface area contributed by atoms with Gasteiger partial charge in [0.15, 0.2) is 6.10 Å². The first-order chi connectivity index (χ1) is 11.1. The molecule has 3 aromatic rings. The minimum Gasteiger partial charge on any atom is -0.479 e. The largest absolute Gasteiger partial charge is 0.479 e. The van der Waals surface area contributed by atoms with Crippen molar-refractivity contribution in [2.45, 2.75) is 26.5 Å². The lowest BCUT2D eigenvalue weighted by atomic mass is 10.2. The topological polar surface area (TPSA) is 51.5 Å². The minimum absolute atomic E-state index is 0.604. The standard InChI is InChI=1S/C19H19NO3/c1-13-11-16-17(20(13)12-15-7-4-3-5-8-15)9-6-10-18(16)23-14(2)19(21)22/h3-11,14H,12H2,1-2H3,(H,21,22). The Bertz CT molecular complexity index is 836. The maximum Gasteiger partial charge on any atom is 0.344 e. The van der Waals surface area contributed by atoms with Gasteiger partial charge in [0, 0.05) is 17.6 Å². The summed E-state index contributed by atoms with van der Waals surface area (Å²) in [5.74, 6) is -0.366. The van der Waals surface area contributed by atoms with Crippen LogP contribution in [0.4, 0.5) is 0 Å². The van der Waals surface area contributed by atoms with Crippen molar-refractivity contribution in [2.75, 3.05) is 0 Å². The van der Waals surface area contributed by atoms with E-state index < -0.39 is 12.1 Å². The smallest absolute Gasteiger partial charge is 0.344 e. The third-order valence-electron chi connectivity index (χ3n) is 3.95. The zero-order valence-corrected chi connectivity index (χ0v) is 13.2. The Labute approximate surface area is 134 Å². The van der Waals surface area contributed by atoms with Crippen molar-refractivity contribution in [3.05, 3.63) is 65.9 Å². The summed E-state index contributed by atoms with van der Waals surface area (Å²) < 4.78 is 7.81. The number of nitrogens with zero attached hydrogens (tertiary/aromatic N) is 1. The molecule has 1 N–H and O–H groups in total. The van der Waals surface area contributed by atoms with Crippen LogP contribution in [0.1, 0.15) is 18.2 Å². The van der Waals surface area contributed by atoms with E-state index in [0.29, 0.717) is 5.75 Å². The molecule has 23 heavy (non-hydrogen) atoms. The summed E-state index contributed by atoms with van der Waals surface area (Å²) in [6.45, 7) is 4.36. The highest BCUT2D eigenvalue weighted by Crippen LogP contribution is 2.30. The van der Waals surface area contributed by atoms with E-state index in [2.05, 4.69) is 16.7 Å². The predicted octanol–water partition coefficient (Wildman–Crippen LogP) is 3.85. The first kappa shape index (κ1) is 15.2. The molecule has 0 saturated carbocycles. The van der Waals surface area contributed by atoms with Gasteiger partial charge >= 0.3 is 5.97 Å². The Morgan fingerprint density at radius 2 is 1.91 bits per heavy atom. The van der Waals surface area contributed by atoms with Crippen LogP contribution in [0.5, 0.6) is 5.75 Å². The van der Waals surface area contributed by atoms with Gasteiger partial charge in [0.05, 0.1) is 5.52 Å². The molecule has 0 aliphatic rings. The van der Waals surface area contributed by atoms with Gasteiger partial charge in [-0.25, -0.2) is 4.79 Å². The number of ether oxygens (including phenoxy) is 1. The van der Waals surface area contributed by atoms with Crippen LogP contribution in [0, 0.1) is 6.92 Å². The van der Waals surface area contributed by atoms with Gasteiger partial charge < -0.3 is 14.4 Å². The van der Waals surface area contributed by atoms with E-state index in [-0.39, 0.29) is 0 Å². The number of carbonyl (C=O) groups is 1. The van der Waals surface area contributed by atoms with Crippen molar-refractivity contribution >= 4 is 16.9 Å². The number of fused-ring (bicyclic) bond motifs is 1.